The fourth-order valence-electron chi connectivity index (χ4n) is 3.92. The van der Waals surface area contributed by atoms with Gasteiger partial charge in [0, 0.05) is 28.2 Å². The molecule has 0 saturated carbocycles. The minimum atomic E-state index is -1.33. The molecule has 0 aliphatic carbocycles. The number of hydrogen-bond acceptors (Lipinski definition) is 9. The number of esters is 1. The van der Waals surface area contributed by atoms with E-state index in [-0.39, 0.29) is 48.1 Å². The summed E-state index contributed by atoms with van der Waals surface area (Å²) in [6.07, 6.45) is 0. The quantitative estimate of drug-likeness (QED) is 0.293. The first-order valence-electron chi connectivity index (χ1n) is 11.0. The number of halogens is 2. The third kappa shape index (κ3) is 5.17. The number of ether oxygens (including phenoxy) is 2. The second-order valence-corrected chi connectivity index (χ2v) is 10.2. The molecule has 0 aliphatic heterocycles. The molecule has 0 spiro atoms. The Morgan fingerprint density at radius 2 is 1.45 bits per heavy atom. The average molecular weight is 648 g/mol. The predicted octanol–water partition coefficient (Wildman–Crippen LogP) is 3.17. The van der Waals surface area contributed by atoms with E-state index in [1.165, 1.54) is 49.5 Å². The van der Waals surface area contributed by atoms with Crippen molar-refractivity contribution in [2.75, 3.05) is 13.2 Å². The van der Waals surface area contributed by atoms with Crippen LogP contribution >= 0.6 is 52.0 Å². The van der Waals surface area contributed by atoms with E-state index >= 15 is 0 Å². The van der Waals surface area contributed by atoms with E-state index in [0.29, 0.717) is 0 Å². The molecule has 0 saturated heterocycles. The maximum absolute atomic E-state index is 13.5. The van der Waals surface area contributed by atoms with Gasteiger partial charge in [0.05, 0.1) is 33.1 Å². The summed E-state index contributed by atoms with van der Waals surface area (Å²) in [7, 11) is 5.75. The molecule has 0 unspecified atom stereocenters. The van der Waals surface area contributed by atoms with Gasteiger partial charge in [0.1, 0.15) is 0 Å². The Labute approximate surface area is 240 Å². The van der Waals surface area contributed by atoms with Crippen LogP contribution in [0.25, 0.3) is 0 Å². The van der Waals surface area contributed by atoms with Crippen molar-refractivity contribution >= 4 is 57.9 Å². The molecule has 1 aromatic carbocycles. The van der Waals surface area contributed by atoms with E-state index < -0.39 is 41.4 Å². The normalized spacial score (nSPS) is 11.2. The molecule has 0 fully saturated rings. The van der Waals surface area contributed by atoms with E-state index in [4.69, 9.17) is 45.5 Å². The summed E-state index contributed by atoms with van der Waals surface area (Å²) in [5, 5.41) is 22.2. The summed E-state index contributed by atoms with van der Waals surface area (Å²) < 4.78 is 15.4. The average Bonchev–Trinajstić information content (AvgIpc) is 2.87. The maximum Gasteiger partial charge on any atom is 0.344 e. The van der Waals surface area contributed by atoms with Crippen LogP contribution in [-0.2, 0) is 37.7 Å². The van der Waals surface area contributed by atoms with Gasteiger partial charge in [-0.05, 0) is 65.0 Å². The van der Waals surface area contributed by atoms with Crippen LogP contribution in [0.2, 0.25) is 5.02 Å². The lowest BCUT2D eigenvalue weighted by Gasteiger charge is -2.24. The second kappa shape index (κ2) is 11.4. The smallest absolute Gasteiger partial charge is 0.344 e. The van der Waals surface area contributed by atoms with Gasteiger partial charge in [0.2, 0.25) is 11.8 Å². The summed E-state index contributed by atoms with van der Waals surface area (Å²) in [5.41, 5.74) is -1.64. The zero-order valence-electron chi connectivity index (χ0n) is 20.9. The summed E-state index contributed by atoms with van der Waals surface area (Å²) >= 11 is 20.3. The standard InChI is InChI=1S/C23H24BrClN4O7S2/c1-6-35-13(30)9-36-17-11(24)7-10(8-12(17)25)14(15-18(31)26(2)22(37)27(3)19(15)32)16-20(33)28(4)23(38)29(5)21(16)34/h7-8,14,31,33H,6,9H2,1-5H3. The van der Waals surface area contributed by atoms with Crippen molar-refractivity contribution in [1.82, 2.24) is 18.3 Å². The largest absolute Gasteiger partial charge is 0.494 e. The molecule has 0 amide bonds. The van der Waals surface area contributed by atoms with Gasteiger partial charge >= 0.3 is 5.97 Å². The molecule has 11 nitrogen and oxygen atoms in total. The van der Waals surface area contributed by atoms with Crippen LogP contribution in [0.4, 0.5) is 0 Å². The molecular weight excluding hydrogens is 624 g/mol. The van der Waals surface area contributed by atoms with Gasteiger partial charge in [0.25, 0.3) is 11.1 Å². The van der Waals surface area contributed by atoms with Crippen molar-refractivity contribution in [3.8, 4) is 17.5 Å². The van der Waals surface area contributed by atoms with Crippen LogP contribution in [-0.4, -0.2) is 47.7 Å². The molecule has 3 rings (SSSR count). The number of benzene rings is 1. The molecule has 2 heterocycles. The lowest BCUT2D eigenvalue weighted by Crippen LogP contribution is -2.33. The highest BCUT2D eigenvalue weighted by molar-refractivity contribution is 9.10. The second-order valence-electron chi connectivity index (χ2n) is 8.23. The molecule has 38 heavy (non-hydrogen) atoms. The number of carbonyl (C=O) groups excluding carboxylic acids is 1. The Morgan fingerprint density at radius 1 is 0.974 bits per heavy atom. The summed E-state index contributed by atoms with van der Waals surface area (Å²) in [5.74, 6) is -2.85. The minimum Gasteiger partial charge on any atom is -0.494 e. The van der Waals surface area contributed by atoms with Crippen molar-refractivity contribution < 1.29 is 24.5 Å². The Bertz CT molecular complexity index is 1580. The molecule has 0 bridgehead atoms. The third-order valence-electron chi connectivity index (χ3n) is 5.91. The Kier molecular flexibility index (Phi) is 8.91. The number of aromatic hydroxyl groups is 2. The Balaban J connectivity index is 2.41. The van der Waals surface area contributed by atoms with Crippen LogP contribution in [0.3, 0.4) is 0 Å². The molecule has 0 radical (unpaired) electrons. The number of rotatable bonds is 7. The van der Waals surface area contributed by atoms with Gasteiger partial charge in [-0.1, -0.05) is 11.6 Å². The van der Waals surface area contributed by atoms with E-state index in [1.54, 1.807) is 6.92 Å². The first-order valence-corrected chi connectivity index (χ1v) is 13.0. The molecule has 0 aliphatic rings. The van der Waals surface area contributed by atoms with Crippen LogP contribution in [0, 0.1) is 9.54 Å². The Morgan fingerprint density at radius 3 is 1.87 bits per heavy atom. The number of nitrogens with zero attached hydrogens (tertiary/aromatic N) is 4. The molecule has 15 heteroatoms. The third-order valence-corrected chi connectivity index (χ3v) is 7.87. The van der Waals surface area contributed by atoms with Gasteiger partial charge < -0.3 is 19.7 Å². The topological polar surface area (TPSA) is 130 Å². The fraction of sp³-hybridized carbons (Fsp3) is 0.348. The van der Waals surface area contributed by atoms with Crippen LogP contribution in [0.15, 0.2) is 26.2 Å². The van der Waals surface area contributed by atoms with Gasteiger partial charge in [-0.15, -0.1) is 0 Å². The van der Waals surface area contributed by atoms with Crippen molar-refractivity contribution in [3.63, 3.8) is 0 Å². The monoisotopic (exact) mass is 646 g/mol. The molecule has 3 aromatic rings. The minimum absolute atomic E-state index is 0.0184. The Hall–Kier alpha value is -2.94. The molecule has 0 atom stereocenters. The van der Waals surface area contributed by atoms with Crippen molar-refractivity contribution in [1.29, 1.82) is 0 Å². The number of carbonyl (C=O) groups is 1. The van der Waals surface area contributed by atoms with Crippen molar-refractivity contribution in [2.45, 2.75) is 12.8 Å². The fourth-order valence-corrected chi connectivity index (χ4v) is 5.25. The molecular formula is C23H24BrClN4O7S2. The summed E-state index contributed by atoms with van der Waals surface area (Å²) in [4.78, 5) is 38.7. The first kappa shape index (κ1) is 29.6. The SMILES string of the molecule is CCOC(=O)COc1c(Cl)cc(C(c2c(O)n(C)c(=S)n(C)c2=O)c2c(O)n(C)c(=S)n(C)c2=O)cc1Br. The van der Waals surface area contributed by atoms with Gasteiger partial charge in [0.15, 0.2) is 21.9 Å². The van der Waals surface area contributed by atoms with Gasteiger partial charge in [-0.2, -0.15) is 0 Å². The maximum atomic E-state index is 13.5. The van der Waals surface area contributed by atoms with Crippen molar-refractivity contribution in [2.24, 2.45) is 28.2 Å². The van der Waals surface area contributed by atoms with Gasteiger partial charge in [-0.3, -0.25) is 27.9 Å². The molecule has 2 N–H and O–H groups in total. The van der Waals surface area contributed by atoms with Crippen molar-refractivity contribution in [3.05, 3.63) is 68.6 Å². The zero-order valence-corrected chi connectivity index (χ0v) is 24.9. The zero-order chi connectivity index (χ0) is 28.6. The van der Waals surface area contributed by atoms with E-state index in [9.17, 15) is 24.6 Å². The van der Waals surface area contributed by atoms with Crippen LogP contribution in [0.5, 0.6) is 17.5 Å². The van der Waals surface area contributed by atoms with E-state index in [1.807, 2.05) is 0 Å². The predicted molar refractivity (Wildman–Crippen MR) is 149 cm³/mol. The first-order chi connectivity index (χ1) is 17.7. The summed E-state index contributed by atoms with van der Waals surface area (Å²) in [6.45, 7) is 1.42. The summed E-state index contributed by atoms with van der Waals surface area (Å²) in [6, 6.07) is 2.90. The molecule has 204 valence electrons. The van der Waals surface area contributed by atoms with Crippen LogP contribution < -0.4 is 15.9 Å². The number of aromatic nitrogens is 4. The molecule has 2 aromatic heterocycles. The number of hydrogen-bond donors (Lipinski definition) is 2. The van der Waals surface area contributed by atoms with E-state index in [2.05, 4.69) is 15.9 Å². The van der Waals surface area contributed by atoms with Gasteiger partial charge in [-0.25, -0.2) is 4.79 Å². The lowest BCUT2D eigenvalue weighted by molar-refractivity contribution is -0.145. The highest BCUT2D eigenvalue weighted by Gasteiger charge is 2.33. The lowest BCUT2D eigenvalue weighted by atomic mass is 9.86. The highest BCUT2D eigenvalue weighted by Crippen LogP contribution is 2.42. The van der Waals surface area contributed by atoms with Crippen LogP contribution in [0.1, 0.15) is 29.5 Å². The highest BCUT2D eigenvalue weighted by atomic mass is 79.9. The van der Waals surface area contributed by atoms with E-state index in [0.717, 1.165) is 9.13 Å².